The van der Waals surface area contributed by atoms with Crippen molar-refractivity contribution >= 4 is 11.9 Å². The zero-order valence-electron chi connectivity index (χ0n) is 16.5. The van der Waals surface area contributed by atoms with Crippen molar-refractivity contribution in [3.05, 3.63) is 70.8 Å². The number of rotatable bonds is 10. The molecule has 0 fully saturated rings. The Morgan fingerprint density at radius 1 is 1.17 bits per heavy atom. The average molecular weight is 394 g/mol. The van der Waals surface area contributed by atoms with Crippen LogP contribution < -0.4 is 5.43 Å². The molecule has 6 nitrogen and oxygen atoms in total. The molecule has 0 aliphatic heterocycles. The number of hydrogen-bond donors (Lipinski definition) is 3. The topological polar surface area (TPSA) is 89.9 Å². The third-order valence-electron chi connectivity index (χ3n) is 4.55. The highest BCUT2D eigenvalue weighted by molar-refractivity contribution is 5.87. The summed E-state index contributed by atoms with van der Waals surface area (Å²) in [6, 6.07) is 14.1. The lowest BCUT2D eigenvalue weighted by molar-refractivity contribution is -0.132. The summed E-state index contributed by atoms with van der Waals surface area (Å²) in [5.74, 6) is 1.49. The maximum absolute atomic E-state index is 11.9. The largest absolute Gasteiger partial charge is 0.478 e. The molecule has 0 spiro atoms. The number of amides is 1. The van der Waals surface area contributed by atoms with Gasteiger partial charge >= 0.3 is 5.97 Å². The lowest BCUT2D eigenvalue weighted by atomic mass is 10.0. The highest BCUT2D eigenvalue weighted by atomic mass is 16.4. The van der Waals surface area contributed by atoms with Crippen LogP contribution in [0, 0.1) is 12.3 Å². The van der Waals surface area contributed by atoms with Gasteiger partial charge in [-0.05, 0) is 54.7 Å². The Morgan fingerprint density at radius 3 is 2.52 bits per heavy atom. The smallest absolute Gasteiger partial charge is 0.335 e. The van der Waals surface area contributed by atoms with E-state index < -0.39 is 12.1 Å². The summed E-state index contributed by atoms with van der Waals surface area (Å²) < 4.78 is 0. The zero-order valence-corrected chi connectivity index (χ0v) is 16.5. The molecule has 29 heavy (non-hydrogen) atoms. The maximum Gasteiger partial charge on any atom is 0.335 e. The van der Waals surface area contributed by atoms with Crippen LogP contribution in [0.15, 0.2) is 48.5 Å². The Hall–Kier alpha value is -3.14. The van der Waals surface area contributed by atoms with Crippen LogP contribution in [0.1, 0.15) is 40.4 Å². The molecule has 3 N–H and O–H groups in total. The first kappa shape index (κ1) is 22.2. The van der Waals surface area contributed by atoms with Crippen LogP contribution in [-0.2, 0) is 17.6 Å². The van der Waals surface area contributed by atoms with Crippen molar-refractivity contribution in [1.82, 2.24) is 10.4 Å². The number of carboxylic acids is 1. The molecule has 152 valence electrons. The highest BCUT2D eigenvalue weighted by Gasteiger charge is 2.12. The molecule has 0 saturated heterocycles. The maximum atomic E-state index is 11.9. The number of carbonyl (C=O) groups excluding carboxylic acids is 1. The first-order valence-corrected chi connectivity index (χ1v) is 9.46. The normalized spacial score (nSPS) is 11.5. The standard InChI is InChI=1S/C23H26N2O4/c1-3-18-5-4-6-20(15-18)16-22(27)12-14-25(17(2)26)24-13-11-19-7-9-21(10-8-19)23(28)29/h1,4-10,15,22,24,27H,11-14,16H2,2H3,(H,28,29). The summed E-state index contributed by atoms with van der Waals surface area (Å²) in [5, 5.41) is 20.7. The van der Waals surface area contributed by atoms with Crippen molar-refractivity contribution in [2.45, 2.75) is 32.3 Å². The van der Waals surface area contributed by atoms with Crippen molar-refractivity contribution in [2.75, 3.05) is 13.1 Å². The second kappa shape index (κ2) is 11.0. The van der Waals surface area contributed by atoms with Crippen LogP contribution in [-0.4, -0.2) is 46.3 Å². The summed E-state index contributed by atoms with van der Waals surface area (Å²) in [6.45, 7) is 2.37. The molecular formula is C23H26N2O4. The summed E-state index contributed by atoms with van der Waals surface area (Å²) in [6.07, 6.45) is 6.36. The molecule has 1 atom stereocenters. The molecule has 0 aliphatic rings. The summed E-state index contributed by atoms with van der Waals surface area (Å²) >= 11 is 0. The van der Waals surface area contributed by atoms with Crippen LogP contribution in [0.3, 0.4) is 0 Å². The number of carboxylic acid groups (broad SMARTS) is 1. The minimum Gasteiger partial charge on any atom is -0.478 e. The van der Waals surface area contributed by atoms with Gasteiger partial charge in [0.05, 0.1) is 11.7 Å². The molecule has 0 aliphatic carbocycles. The number of carbonyl (C=O) groups is 2. The van der Waals surface area contributed by atoms with Crippen molar-refractivity contribution < 1.29 is 19.8 Å². The fourth-order valence-corrected chi connectivity index (χ4v) is 2.94. The third kappa shape index (κ3) is 7.41. The van der Waals surface area contributed by atoms with E-state index in [9.17, 15) is 14.7 Å². The van der Waals surface area contributed by atoms with E-state index in [2.05, 4.69) is 11.3 Å². The van der Waals surface area contributed by atoms with E-state index in [1.807, 2.05) is 24.3 Å². The second-order valence-electron chi connectivity index (χ2n) is 6.82. The number of nitrogens with zero attached hydrogens (tertiary/aromatic N) is 1. The quantitative estimate of drug-likeness (QED) is 0.425. The fraction of sp³-hybridized carbons (Fsp3) is 0.304. The van der Waals surface area contributed by atoms with E-state index in [1.165, 1.54) is 11.9 Å². The Kier molecular flexibility index (Phi) is 8.41. The van der Waals surface area contributed by atoms with Gasteiger partial charge in [-0.3, -0.25) is 9.80 Å². The molecule has 0 saturated carbocycles. The summed E-state index contributed by atoms with van der Waals surface area (Å²) in [4.78, 5) is 22.7. The number of hydrogen-bond acceptors (Lipinski definition) is 4. The first-order chi connectivity index (χ1) is 13.9. The number of aromatic carboxylic acids is 1. The van der Waals surface area contributed by atoms with Crippen LogP contribution in [0.25, 0.3) is 0 Å². The molecule has 0 heterocycles. The summed E-state index contributed by atoms with van der Waals surface area (Å²) in [7, 11) is 0. The number of terminal acetylenes is 1. The summed E-state index contributed by atoms with van der Waals surface area (Å²) in [5.41, 5.74) is 6.02. The Morgan fingerprint density at radius 2 is 1.90 bits per heavy atom. The minimum atomic E-state index is -0.956. The van der Waals surface area contributed by atoms with E-state index in [-0.39, 0.29) is 11.5 Å². The van der Waals surface area contributed by atoms with E-state index in [1.54, 1.807) is 24.3 Å². The Bertz CT molecular complexity index is 871. The lowest BCUT2D eigenvalue weighted by Gasteiger charge is -2.23. The van der Waals surface area contributed by atoms with Crippen LogP contribution in [0.2, 0.25) is 0 Å². The zero-order chi connectivity index (χ0) is 21.2. The van der Waals surface area contributed by atoms with Crippen LogP contribution in [0.5, 0.6) is 0 Å². The van der Waals surface area contributed by atoms with E-state index in [4.69, 9.17) is 11.5 Å². The number of benzene rings is 2. The highest BCUT2D eigenvalue weighted by Crippen LogP contribution is 2.09. The number of hydrazine groups is 1. The van der Waals surface area contributed by atoms with Gasteiger partial charge in [0.25, 0.3) is 0 Å². The molecular weight excluding hydrogens is 368 g/mol. The van der Waals surface area contributed by atoms with Crippen molar-refractivity contribution in [3.63, 3.8) is 0 Å². The SMILES string of the molecule is C#Cc1cccc(CC(O)CCN(NCCc2ccc(C(=O)O)cc2)C(C)=O)c1. The molecule has 2 rings (SSSR count). The first-order valence-electron chi connectivity index (χ1n) is 9.46. The minimum absolute atomic E-state index is 0.132. The van der Waals surface area contributed by atoms with Gasteiger partial charge in [-0.1, -0.05) is 30.2 Å². The average Bonchev–Trinajstić information content (AvgIpc) is 2.70. The molecule has 1 amide bonds. The van der Waals surface area contributed by atoms with Crippen LogP contribution >= 0.6 is 0 Å². The van der Waals surface area contributed by atoms with Crippen molar-refractivity contribution in [1.29, 1.82) is 0 Å². The number of aliphatic hydroxyl groups excluding tert-OH is 1. The fourth-order valence-electron chi connectivity index (χ4n) is 2.94. The molecule has 2 aromatic carbocycles. The molecule has 0 bridgehead atoms. The van der Waals surface area contributed by atoms with Crippen LogP contribution in [0.4, 0.5) is 0 Å². The second-order valence-corrected chi connectivity index (χ2v) is 6.82. The van der Waals surface area contributed by atoms with Gasteiger partial charge in [0, 0.05) is 25.6 Å². The van der Waals surface area contributed by atoms with Gasteiger partial charge in [0.1, 0.15) is 0 Å². The van der Waals surface area contributed by atoms with E-state index >= 15 is 0 Å². The van der Waals surface area contributed by atoms with Crippen molar-refractivity contribution in [3.8, 4) is 12.3 Å². The van der Waals surface area contributed by atoms with Gasteiger partial charge in [0.15, 0.2) is 0 Å². The van der Waals surface area contributed by atoms with Gasteiger partial charge in [0.2, 0.25) is 5.91 Å². The molecule has 6 heteroatoms. The number of nitrogens with one attached hydrogen (secondary N) is 1. The lowest BCUT2D eigenvalue weighted by Crippen LogP contribution is -2.44. The van der Waals surface area contributed by atoms with Gasteiger partial charge in [-0.15, -0.1) is 6.42 Å². The van der Waals surface area contributed by atoms with Gasteiger partial charge in [-0.25, -0.2) is 10.2 Å². The van der Waals surface area contributed by atoms with Crippen molar-refractivity contribution in [2.24, 2.45) is 0 Å². The molecule has 0 aromatic heterocycles. The van der Waals surface area contributed by atoms with E-state index in [0.29, 0.717) is 32.4 Å². The van der Waals surface area contributed by atoms with Gasteiger partial charge < -0.3 is 10.2 Å². The molecule has 2 aromatic rings. The molecule has 1 unspecified atom stereocenters. The number of aliphatic hydroxyl groups is 1. The Labute approximate surface area is 171 Å². The van der Waals surface area contributed by atoms with Gasteiger partial charge in [-0.2, -0.15) is 0 Å². The Balaban J connectivity index is 1.79. The predicted octanol–water partition coefficient (Wildman–Crippen LogP) is 2.26. The molecule has 0 radical (unpaired) electrons. The third-order valence-corrected chi connectivity index (χ3v) is 4.55. The van der Waals surface area contributed by atoms with E-state index in [0.717, 1.165) is 16.7 Å². The predicted molar refractivity (Wildman–Crippen MR) is 111 cm³/mol. The monoisotopic (exact) mass is 394 g/mol.